The van der Waals surface area contributed by atoms with Crippen molar-refractivity contribution in [3.05, 3.63) is 76.0 Å². The molecule has 0 fully saturated rings. The van der Waals surface area contributed by atoms with Crippen molar-refractivity contribution in [3.63, 3.8) is 0 Å². The maximum absolute atomic E-state index is 13.0. The molecule has 0 radical (unpaired) electrons. The van der Waals surface area contributed by atoms with Gasteiger partial charge >= 0.3 is 0 Å². The summed E-state index contributed by atoms with van der Waals surface area (Å²) < 4.78 is 1.73. The van der Waals surface area contributed by atoms with E-state index in [-0.39, 0.29) is 5.91 Å². The Balaban J connectivity index is 1.58. The second kappa shape index (κ2) is 7.35. The van der Waals surface area contributed by atoms with Crippen molar-refractivity contribution < 1.29 is 4.79 Å². The largest absolute Gasteiger partial charge is 0.306 e. The number of fused-ring (bicyclic) bond motifs is 1. The Kier molecular flexibility index (Phi) is 4.94. The van der Waals surface area contributed by atoms with E-state index in [1.165, 1.54) is 0 Å². The number of hydrogen-bond donors (Lipinski definition) is 0. The van der Waals surface area contributed by atoms with E-state index in [2.05, 4.69) is 5.10 Å². The molecule has 2 aromatic carbocycles. The van der Waals surface area contributed by atoms with Gasteiger partial charge in [-0.05, 0) is 29.8 Å². The number of amides is 1. The van der Waals surface area contributed by atoms with Crippen LogP contribution in [0.25, 0.3) is 0 Å². The number of anilines is 1. The third-order valence-corrected chi connectivity index (χ3v) is 5.85. The maximum Gasteiger partial charge on any atom is 0.261 e. The molecule has 1 aliphatic rings. The highest BCUT2D eigenvalue weighted by atomic mass is 35.5. The molecule has 0 saturated heterocycles. The highest BCUT2D eigenvalue weighted by Crippen LogP contribution is 2.37. The summed E-state index contributed by atoms with van der Waals surface area (Å²) in [7, 11) is 0. The van der Waals surface area contributed by atoms with Crippen LogP contribution in [-0.4, -0.2) is 28.0 Å². The lowest BCUT2D eigenvalue weighted by Gasteiger charge is -2.28. The molecule has 4 nitrogen and oxygen atoms in total. The fourth-order valence-corrected chi connectivity index (χ4v) is 4.26. The molecule has 2 heterocycles. The predicted octanol–water partition coefficient (Wildman–Crippen LogP) is 4.99. The minimum absolute atomic E-state index is 0.0702. The van der Waals surface area contributed by atoms with Gasteiger partial charge in [-0.3, -0.25) is 9.48 Å². The first kappa shape index (κ1) is 17.5. The lowest BCUT2D eigenvalue weighted by Crippen LogP contribution is -2.35. The van der Waals surface area contributed by atoms with Gasteiger partial charge in [0.15, 0.2) is 0 Å². The number of thioether (sulfide) groups is 1. The standard InChI is InChI=1S/C19H15Cl2N3OS/c20-15-5-6-18-17(9-15)24(7-8-26-18)19(25)14-10-22-23(12-14)11-13-3-1-2-4-16(13)21/h1-6,9-10,12H,7-8,11H2. The van der Waals surface area contributed by atoms with Crippen LogP contribution in [0.4, 0.5) is 5.69 Å². The first-order valence-electron chi connectivity index (χ1n) is 8.12. The Hall–Kier alpha value is -1.95. The molecule has 0 bridgehead atoms. The average molecular weight is 404 g/mol. The van der Waals surface area contributed by atoms with Gasteiger partial charge in [-0.1, -0.05) is 41.4 Å². The summed E-state index contributed by atoms with van der Waals surface area (Å²) in [5, 5.41) is 5.63. The normalized spacial score (nSPS) is 13.5. The third-order valence-electron chi connectivity index (χ3n) is 4.20. The molecule has 7 heteroatoms. The van der Waals surface area contributed by atoms with Gasteiger partial charge in [0.25, 0.3) is 5.91 Å². The molecule has 0 saturated carbocycles. The molecule has 0 spiro atoms. The van der Waals surface area contributed by atoms with Crippen molar-refractivity contribution in [2.75, 3.05) is 17.2 Å². The Bertz CT molecular complexity index is 973. The van der Waals surface area contributed by atoms with Gasteiger partial charge in [0.2, 0.25) is 0 Å². The molecule has 4 rings (SSSR count). The molecule has 0 atom stereocenters. The Morgan fingerprint density at radius 3 is 2.88 bits per heavy atom. The Morgan fingerprint density at radius 1 is 1.19 bits per heavy atom. The van der Waals surface area contributed by atoms with Gasteiger partial charge in [-0.2, -0.15) is 5.10 Å². The van der Waals surface area contributed by atoms with Crippen LogP contribution in [0.15, 0.2) is 59.8 Å². The van der Waals surface area contributed by atoms with Crippen LogP contribution in [0.1, 0.15) is 15.9 Å². The number of carbonyl (C=O) groups excluding carboxylic acids is 1. The first-order chi connectivity index (χ1) is 12.6. The van der Waals surface area contributed by atoms with Crippen LogP contribution in [0.5, 0.6) is 0 Å². The molecule has 1 aliphatic heterocycles. The Labute approximate surface area is 165 Å². The van der Waals surface area contributed by atoms with Gasteiger partial charge in [0, 0.05) is 33.4 Å². The van der Waals surface area contributed by atoms with Gasteiger partial charge in [-0.15, -0.1) is 11.8 Å². The number of carbonyl (C=O) groups is 1. The van der Waals surface area contributed by atoms with Crippen LogP contribution in [0, 0.1) is 0 Å². The smallest absolute Gasteiger partial charge is 0.261 e. The fourth-order valence-electron chi connectivity index (χ4n) is 2.92. The van der Waals surface area contributed by atoms with Crippen molar-refractivity contribution >= 4 is 46.6 Å². The van der Waals surface area contributed by atoms with E-state index in [1.807, 2.05) is 42.5 Å². The maximum atomic E-state index is 13.0. The van der Waals surface area contributed by atoms with Crippen LogP contribution < -0.4 is 4.90 Å². The third kappa shape index (κ3) is 3.47. The van der Waals surface area contributed by atoms with Crippen molar-refractivity contribution in [1.29, 1.82) is 0 Å². The average Bonchev–Trinajstić information content (AvgIpc) is 3.11. The second-order valence-corrected chi connectivity index (χ2v) is 7.92. The zero-order valence-electron chi connectivity index (χ0n) is 13.7. The van der Waals surface area contributed by atoms with Gasteiger partial charge in [0.1, 0.15) is 0 Å². The lowest BCUT2D eigenvalue weighted by atomic mass is 10.2. The van der Waals surface area contributed by atoms with E-state index in [0.29, 0.717) is 28.7 Å². The van der Waals surface area contributed by atoms with Gasteiger partial charge in [0.05, 0.1) is 24.0 Å². The van der Waals surface area contributed by atoms with Crippen LogP contribution in [0.2, 0.25) is 10.0 Å². The van der Waals surface area contributed by atoms with Crippen LogP contribution >= 0.6 is 35.0 Å². The second-order valence-electron chi connectivity index (χ2n) is 5.94. The molecule has 0 N–H and O–H groups in total. The van der Waals surface area contributed by atoms with Crippen molar-refractivity contribution in [1.82, 2.24) is 9.78 Å². The molecular formula is C19H15Cl2N3OS. The number of halogens is 2. The molecule has 132 valence electrons. The summed E-state index contributed by atoms with van der Waals surface area (Å²) >= 11 is 14.1. The summed E-state index contributed by atoms with van der Waals surface area (Å²) in [4.78, 5) is 15.8. The van der Waals surface area contributed by atoms with Gasteiger partial charge < -0.3 is 4.90 Å². The molecule has 26 heavy (non-hydrogen) atoms. The van der Waals surface area contributed by atoms with Crippen molar-refractivity contribution in [3.8, 4) is 0 Å². The quantitative estimate of drug-likeness (QED) is 0.617. The molecular weight excluding hydrogens is 389 g/mol. The van der Waals surface area contributed by atoms with E-state index in [9.17, 15) is 4.79 Å². The summed E-state index contributed by atoms with van der Waals surface area (Å²) in [6, 6.07) is 13.3. The van der Waals surface area contributed by atoms with Crippen molar-refractivity contribution in [2.45, 2.75) is 11.4 Å². The van der Waals surface area contributed by atoms with Gasteiger partial charge in [-0.25, -0.2) is 0 Å². The monoisotopic (exact) mass is 403 g/mol. The first-order valence-corrected chi connectivity index (χ1v) is 9.86. The molecule has 0 aliphatic carbocycles. The lowest BCUT2D eigenvalue weighted by molar-refractivity contribution is 0.0987. The fraction of sp³-hybridized carbons (Fsp3) is 0.158. The van der Waals surface area contributed by atoms with E-state index >= 15 is 0 Å². The number of hydrogen-bond acceptors (Lipinski definition) is 3. The number of nitrogens with zero attached hydrogens (tertiary/aromatic N) is 3. The highest BCUT2D eigenvalue weighted by molar-refractivity contribution is 7.99. The minimum Gasteiger partial charge on any atom is -0.306 e. The van der Waals surface area contributed by atoms with E-state index in [1.54, 1.807) is 33.7 Å². The Morgan fingerprint density at radius 2 is 2.04 bits per heavy atom. The summed E-state index contributed by atoms with van der Waals surface area (Å²) in [6.45, 7) is 1.16. The summed E-state index contributed by atoms with van der Waals surface area (Å²) in [6.07, 6.45) is 3.36. The van der Waals surface area contributed by atoms with E-state index < -0.39 is 0 Å². The molecule has 1 amide bonds. The number of aromatic nitrogens is 2. The SMILES string of the molecule is O=C(c1cnn(Cc2ccccc2Cl)c1)N1CCSc2ccc(Cl)cc21. The van der Waals surface area contributed by atoms with E-state index in [4.69, 9.17) is 23.2 Å². The van der Waals surface area contributed by atoms with Crippen LogP contribution in [-0.2, 0) is 6.54 Å². The zero-order chi connectivity index (χ0) is 18.1. The van der Waals surface area contributed by atoms with E-state index in [0.717, 1.165) is 21.9 Å². The highest BCUT2D eigenvalue weighted by Gasteiger charge is 2.25. The topological polar surface area (TPSA) is 38.1 Å². The molecule has 3 aromatic rings. The molecule has 0 unspecified atom stereocenters. The summed E-state index contributed by atoms with van der Waals surface area (Å²) in [5.41, 5.74) is 2.37. The zero-order valence-corrected chi connectivity index (χ0v) is 16.1. The predicted molar refractivity (Wildman–Crippen MR) is 107 cm³/mol. The summed E-state index contributed by atoms with van der Waals surface area (Å²) in [5.74, 6) is 0.785. The van der Waals surface area contributed by atoms with Crippen molar-refractivity contribution in [2.24, 2.45) is 0 Å². The van der Waals surface area contributed by atoms with Crippen LogP contribution in [0.3, 0.4) is 0 Å². The minimum atomic E-state index is -0.0702. The number of benzene rings is 2. The molecule has 1 aromatic heterocycles. The number of rotatable bonds is 3.